The van der Waals surface area contributed by atoms with Crippen LogP contribution < -0.4 is 15.4 Å². The highest BCUT2D eigenvalue weighted by molar-refractivity contribution is 5.76. The molecule has 0 atom stereocenters. The second kappa shape index (κ2) is 4.99. The first kappa shape index (κ1) is 11.6. The van der Waals surface area contributed by atoms with E-state index in [9.17, 15) is 4.79 Å². The first-order valence-electron chi connectivity index (χ1n) is 5.61. The van der Waals surface area contributed by atoms with Gasteiger partial charge in [0.1, 0.15) is 0 Å². The molecule has 1 aromatic heterocycles. The maximum Gasteiger partial charge on any atom is 0.225 e. The van der Waals surface area contributed by atoms with Gasteiger partial charge >= 0.3 is 0 Å². The van der Waals surface area contributed by atoms with E-state index in [1.165, 1.54) is 0 Å². The summed E-state index contributed by atoms with van der Waals surface area (Å²) in [7, 11) is 1.58. The van der Waals surface area contributed by atoms with E-state index in [4.69, 9.17) is 10.5 Å². The van der Waals surface area contributed by atoms with Crippen molar-refractivity contribution in [2.75, 3.05) is 25.1 Å². The number of hydrogen-bond acceptors (Lipinski definition) is 5. The molecule has 0 radical (unpaired) electrons. The summed E-state index contributed by atoms with van der Waals surface area (Å²) in [6, 6.07) is 0. The van der Waals surface area contributed by atoms with Crippen LogP contribution in [0.2, 0.25) is 0 Å². The number of hydrogen-bond donors (Lipinski definition) is 1. The zero-order chi connectivity index (χ0) is 12.3. The molecule has 0 saturated carbocycles. The van der Waals surface area contributed by atoms with Crippen molar-refractivity contribution in [3.05, 3.63) is 12.4 Å². The fourth-order valence-corrected chi connectivity index (χ4v) is 1.94. The molecule has 2 heterocycles. The standard InChI is InChI=1S/C11H16N4O2/c1-17-9-6-13-11(14-7-9)15-4-2-8(3-5-15)10(12)16/h6-8H,2-5H2,1H3,(H2,12,16). The summed E-state index contributed by atoms with van der Waals surface area (Å²) in [4.78, 5) is 21.5. The molecular weight excluding hydrogens is 220 g/mol. The van der Waals surface area contributed by atoms with Crippen LogP contribution in [0.25, 0.3) is 0 Å². The van der Waals surface area contributed by atoms with E-state index in [1.54, 1.807) is 19.5 Å². The molecule has 0 aliphatic carbocycles. The highest BCUT2D eigenvalue weighted by Crippen LogP contribution is 2.20. The number of piperidine rings is 1. The number of amides is 1. The Bertz CT molecular complexity index is 385. The zero-order valence-corrected chi connectivity index (χ0v) is 9.80. The number of methoxy groups -OCH3 is 1. The Morgan fingerprint density at radius 2 is 2.00 bits per heavy atom. The zero-order valence-electron chi connectivity index (χ0n) is 9.80. The molecule has 2 N–H and O–H groups in total. The average molecular weight is 236 g/mol. The van der Waals surface area contributed by atoms with E-state index < -0.39 is 0 Å². The topological polar surface area (TPSA) is 81.3 Å². The Labute approximate surface area is 99.8 Å². The molecule has 1 fully saturated rings. The van der Waals surface area contributed by atoms with E-state index in [-0.39, 0.29) is 11.8 Å². The van der Waals surface area contributed by atoms with Crippen LogP contribution in [0.3, 0.4) is 0 Å². The molecule has 6 nitrogen and oxygen atoms in total. The first-order valence-corrected chi connectivity index (χ1v) is 5.61. The van der Waals surface area contributed by atoms with Crippen LogP contribution in [-0.2, 0) is 4.79 Å². The normalized spacial score (nSPS) is 16.9. The number of rotatable bonds is 3. The van der Waals surface area contributed by atoms with Crippen molar-refractivity contribution in [1.82, 2.24) is 9.97 Å². The van der Waals surface area contributed by atoms with Crippen LogP contribution in [0, 0.1) is 5.92 Å². The molecule has 2 rings (SSSR count). The van der Waals surface area contributed by atoms with Gasteiger partial charge in [0.15, 0.2) is 5.75 Å². The van der Waals surface area contributed by atoms with Crippen molar-refractivity contribution in [2.24, 2.45) is 11.7 Å². The molecule has 1 saturated heterocycles. The van der Waals surface area contributed by atoms with Gasteiger partial charge in [-0.05, 0) is 12.8 Å². The largest absolute Gasteiger partial charge is 0.494 e. The fraction of sp³-hybridized carbons (Fsp3) is 0.545. The van der Waals surface area contributed by atoms with E-state index in [1.807, 2.05) is 0 Å². The molecule has 1 aliphatic rings. The van der Waals surface area contributed by atoms with Gasteiger partial charge in [0.05, 0.1) is 19.5 Å². The number of nitrogens with two attached hydrogens (primary N) is 1. The Hall–Kier alpha value is -1.85. The smallest absolute Gasteiger partial charge is 0.225 e. The number of carbonyl (C=O) groups excluding carboxylic acids is 1. The lowest BCUT2D eigenvalue weighted by Gasteiger charge is -2.30. The Kier molecular flexibility index (Phi) is 3.41. The molecule has 0 spiro atoms. The second-order valence-corrected chi connectivity index (χ2v) is 4.09. The molecule has 0 aromatic carbocycles. The molecule has 0 bridgehead atoms. The van der Waals surface area contributed by atoms with Gasteiger partial charge in [0.2, 0.25) is 11.9 Å². The van der Waals surface area contributed by atoms with Crippen LogP contribution in [0.1, 0.15) is 12.8 Å². The van der Waals surface area contributed by atoms with Crippen LogP contribution in [0.4, 0.5) is 5.95 Å². The lowest BCUT2D eigenvalue weighted by Crippen LogP contribution is -2.39. The van der Waals surface area contributed by atoms with Crippen LogP contribution in [0.15, 0.2) is 12.4 Å². The highest BCUT2D eigenvalue weighted by atomic mass is 16.5. The van der Waals surface area contributed by atoms with Crippen LogP contribution >= 0.6 is 0 Å². The quantitative estimate of drug-likeness (QED) is 0.810. The summed E-state index contributed by atoms with van der Waals surface area (Å²) >= 11 is 0. The lowest BCUT2D eigenvalue weighted by atomic mass is 9.96. The third kappa shape index (κ3) is 2.64. The third-order valence-electron chi connectivity index (χ3n) is 3.03. The summed E-state index contributed by atoms with van der Waals surface area (Å²) in [6.45, 7) is 1.53. The molecule has 92 valence electrons. The van der Waals surface area contributed by atoms with Gasteiger partial charge < -0.3 is 15.4 Å². The molecule has 1 amide bonds. The van der Waals surface area contributed by atoms with E-state index in [0.29, 0.717) is 11.7 Å². The van der Waals surface area contributed by atoms with Gasteiger partial charge in [0, 0.05) is 19.0 Å². The van der Waals surface area contributed by atoms with Crippen molar-refractivity contribution < 1.29 is 9.53 Å². The number of anilines is 1. The summed E-state index contributed by atoms with van der Waals surface area (Å²) < 4.78 is 5.00. The molecule has 17 heavy (non-hydrogen) atoms. The maximum atomic E-state index is 11.0. The SMILES string of the molecule is COc1cnc(N2CCC(C(N)=O)CC2)nc1. The minimum atomic E-state index is -0.208. The van der Waals surface area contributed by atoms with E-state index in [2.05, 4.69) is 14.9 Å². The Balaban J connectivity index is 1.97. The van der Waals surface area contributed by atoms with Crippen molar-refractivity contribution in [3.8, 4) is 5.75 Å². The van der Waals surface area contributed by atoms with Gasteiger partial charge in [-0.3, -0.25) is 4.79 Å². The Morgan fingerprint density at radius 1 is 1.41 bits per heavy atom. The van der Waals surface area contributed by atoms with Gasteiger partial charge in [-0.25, -0.2) is 9.97 Å². The predicted octanol–water partition coefficient (Wildman–Crippen LogP) is 0.187. The number of carbonyl (C=O) groups is 1. The molecule has 1 aromatic rings. The summed E-state index contributed by atoms with van der Waals surface area (Å²) in [5.74, 6) is 1.10. The monoisotopic (exact) mass is 236 g/mol. The number of primary amides is 1. The summed E-state index contributed by atoms with van der Waals surface area (Å²) in [5, 5.41) is 0. The third-order valence-corrected chi connectivity index (χ3v) is 3.03. The van der Waals surface area contributed by atoms with Crippen molar-refractivity contribution in [2.45, 2.75) is 12.8 Å². The van der Waals surface area contributed by atoms with Gasteiger partial charge in [-0.2, -0.15) is 0 Å². The van der Waals surface area contributed by atoms with Gasteiger partial charge in [0.25, 0.3) is 0 Å². The number of aromatic nitrogens is 2. The maximum absolute atomic E-state index is 11.0. The Morgan fingerprint density at radius 3 is 2.47 bits per heavy atom. The molecule has 0 unspecified atom stereocenters. The van der Waals surface area contributed by atoms with Crippen molar-refractivity contribution in [1.29, 1.82) is 0 Å². The predicted molar refractivity (Wildman–Crippen MR) is 62.7 cm³/mol. The van der Waals surface area contributed by atoms with Gasteiger partial charge in [-0.15, -0.1) is 0 Å². The number of nitrogens with zero attached hydrogens (tertiary/aromatic N) is 3. The minimum Gasteiger partial charge on any atom is -0.494 e. The lowest BCUT2D eigenvalue weighted by molar-refractivity contribution is -0.122. The first-order chi connectivity index (χ1) is 8.20. The summed E-state index contributed by atoms with van der Waals surface area (Å²) in [6.07, 6.45) is 4.82. The molecular formula is C11H16N4O2. The molecule has 6 heteroatoms. The van der Waals surface area contributed by atoms with E-state index in [0.717, 1.165) is 25.9 Å². The molecule has 1 aliphatic heterocycles. The minimum absolute atomic E-state index is 0.00972. The van der Waals surface area contributed by atoms with E-state index >= 15 is 0 Å². The van der Waals surface area contributed by atoms with Crippen LogP contribution in [-0.4, -0.2) is 36.1 Å². The second-order valence-electron chi connectivity index (χ2n) is 4.09. The van der Waals surface area contributed by atoms with Crippen molar-refractivity contribution >= 4 is 11.9 Å². The van der Waals surface area contributed by atoms with Gasteiger partial charge in [-0.1, -0.05) is 0 Å². The van der Waals surface area contributed by atoms with Crippen LogP contribution in [0.5, 0.6) is 5.75 Å². The summed E-state index contributed by atoms with van der Waals surface area (Å²) in [5.41, 5.74) is 5.28. The number of ether oxygens (including phenoxy) is 1. The van der Waals surface area contributed by atoms with Crippen molar-refractivity contribution in [3.63, 3.8) is 0 Å². The fourth-order valence-electron chi connectivity index (χ4n) is 1.94. The highest BCUT2D eigenvalue weighted by Gasteiger charge is 2.24. The average Bonchev–Trinajstić information content (AvgIpc) is 2.39.